The highest BCUT2D eigenvalue weighted by Crippen LogP contribution is 2.29. The molecule has 0 N–H and O–H groups in total. The first-order valence-corrected chi connectivity index (χ1v) is 6.45. The number of alkyl halides is 1. The van der Waals surface area contributed by atoms with Gasteiger partial charge >= 0.3 is 0 Å². The zero-order chi connectivity index (χ0) is 8.97. The van der Waals surface area contributed by atoms with Crippen LogP contribution in [-0.2, 0) is 0 Å². The van der Waals surface area contributed by atoms with E-state index in [9.17, 15) is 0 Å². The van der Waals surface area contributed by atoms with Crippen LogP contribution in [0.2, 0.25) is 0 Å². The molecule has 1 aliphatic rings. The Labute approximate surface area is 90.0 Å². The molecule has 1 aliphatic carbocycles. The number of halogens is 1. The van der Waals surface area contributed by atoms with Gasteiger partial charge in [0.15, 0.2) is 0 Å². The Morgan fingerprint density at radius 3 is 2.00 bits per heavy atom. The van der Waals surface area contributed by atoms with Gasteiger partial charge in [-0.05, 0) is 51.6 Å². The van der Waals surface area contributed by atoms with E-state index in [0.29, 0.717) is 0 Å². The summed E-state index contributed by atoms with van der Waals surface area (Å²) in [5.41, 5.74) is 0. The van der Waals surface area contributed by atoms with Crippen molar-refractivity contribution in [3.05, 3.63) is 0 Å². The Morgan fingerprint density at radius 2 is 1.58 bits per heavy atom. The van der Waals surface area contributed by atoms with Gasteiger partial charge in [0.2, 0.25) is 0 Å². The summed E-state index contributed by atoms with van der Waals surface area (Å²) in [6.07, 6.45) is 5.88. The molecule has 0 aromatic heterocycles. The maximum Gasteiger partial charge on any atom is 0.00237 e. The molecular formula is C10H20IN. The molecule has 0 radical (unpaired) electrons. The van der Waals surface area contributed by atoms with Gasteiger partial charge in [0, 0.05) is 11.0 Å². The minimum Gasteiger partial charge on any atom is -0.309 e. The summed E-state index contributed by atoms with van der Waals surface area (Å²) < 4.78 is 1.37. The SMILES string of the molecule is CN(C)C[C@H]1CC[C@H](CI)CC1. The minimum atomic E-state index is 0.985. The van der Waals surface area contributed by atoms with Gasteiger partial charge in [0.1, 0.15) is 0 Å². The Balaban J connectivity index is 2.17. The number of nitrogens with zero attached hydrogens (tertiary/aromatic N) is 1. The van der Waals surface area contributed by atoms with Crippen molar-refractivity contribution in [2.45, 2.75) is 25.7 Å². The quantitative estimate of drug-likeness (QED) is 0.568. The van der Waals surface area contributed by atoms with Crippen molar-refractivity contribution < 1.29 is 0 Å². The molecule has 0 spiro atoms. The summed E-state index contributed by atoms with van der Waals surface area (Å²) in [6, 6.07) is 0. The zero-order valence-corrected chi connectivity index (χ0v) is 10.4. The van der Waals surface area contributed by atoms with Crippen LogP contribution >= 0.6 is 22.6 Å². The van der Waals surface area contributed by atoms with Gasteiger partial charge in [-0.1, -0.05) is 22.6 Å². The molecule has 0 aromatic carbocycles. The summed E-state index contributed by atoms with van der Waals surface area (Å²) in [7, 11) is 4.37. The van der Waals surface area contributed by atoms with E-state index in [0.717, 1.165) is 11.8 Å². The Bertz CT molecular complexity index is 117. The highest BCUT2D eigenvalue weighted by molar-refractivity contribution is 14.1. The smallest absolute Gasteiger partial charge is 0.00237 e. The van der Waals surface area contributed by atoms with Crippen molar-refractivity contribution in [1.29, 1.82) is 0 Å². The molecular weight excluding hydrogens is 261 g/mol. The fourth-order valence-corrected chi connectivity index (χ4v) is 2.97. The Kier molecular flexibility index (Phi) is 4.87. The number of hydrogen-bond donors (Lipinski definition) is 0. The molecule has 0 saturated heterocycles. The predicted octanol–water partition coefficient (Wildman–Crippen LogP) is 2.79. The van der Waals surface area contributed by atoms with Gasteiger partial charge in [-0.15, -0.1) is 0 Å². The first-order chi connectivity index (χ1) is 5.72. The lowest BCUT2D eigenvalue weighted by Crippen LogP contribution is -2.26. The van der Waals surface area contributed by atoms with Crippen molar-refractivity contribution in [3.8, 4) is 0 Å². The standard InChI is InChI=1S/C10H20IN/c1-12(2)8-10-5-3-9(7-11)4-6-10/h9-10H,3-8H2,1-2H3/t9-,10-. The summed E-state index contributed by atoms with van der Waals surface area (Å²) in [4.78, 5) is 2.33. The number of rotatable bonds is 3. The van der Waals surface area contributed by atoms with Crippen LogP contribution in [0.25, 0.3) is 0 Å². The van der Waals surface area contributed by atoms with Gasteiger partial charge in [-0.2, -0.15) is 0 Å². The van der Waals surface area contributed by atoms with Crippen molar-refractivity contribution in [2.75, 3.05) is 25.1 Å². The molecule has 0 atom stereocenters. The zero-order valence-electron chi connectivity index (χ0n) is 8.22. The van der Waals surface area contributed by atoms with E-state index in [1.165, 1.54) is 36.7 Å². The van der Waals surface area contributed by atoms with E-state index in [-0.39, 0.29) is 0 Å². The molecule has 0 bridgehead atoms. The highest BCUT2D eigenvalue weighted by atomic mass is 127. The second-order valence-corrected chi connectivity index (χ2v) is 5.18. The van der Waals surface area contributed by atoms with E-state index in [4.69, 9.17) is 0 Å². The second-order valence-electron chi connectivity index (χ2n) is 4.30. The fraction of sp³-hybridized carbons (Fsp3) is 1.00. The average molecular weight is 281 g/mol. The largest absolute Gasteiger partial charge is 0.309 e. The molecule has 12 heavy (non-hydrogen) atoms. The van der Waals surface area contributed by atoms with E-state index >= 15 is 0 Å². The first kappa shape index (κ1) is 10.8. The Morgan fingerprint density at radius 1 is 1.08 bits per heavy atom. The van der Waals surface area contributed by atoms with Gasteiger partial charge in [0.05, 0.1) is 0 Å². The van der Waals surface area contributed by atoms with Gasteiger partial charge in [-0.3, -0.25) is 0 Å². The fourth-order valence-electron chi connectivity index (χ4n) is 2.08. The summed E-state index contributed by atoms with van der Waals surface area (Å²) >= 11 is 2.53. The van der Waals surface area contributed by atoms with Crippen LogP contribution < -0.4 is 0 Å². The lowest BCUT2D eigenvalue weighted by molar-refractivity contribution is 0.234. The van der Waals surface area contributed by atoms with Crippen LogP contribution in [0.15, 0.2) is 0 Å². The lowest BCUT2D eigenvalue weighted by atomic mass is 9.83. The van der Waals surface area contributed by atoms with Crippen molar-refractivity contribution >= 4 is 22.6 Å². The molecule has 1 fully saturated rings. The van der Waals surface area contributed by atoms with Crippen LogP contribution in [0.4, 0.5) is 0 Å². The molecule has 0 amide bonds. The predicted molar refractivity (Wildman–Crippen MR) is 62.9 cm³/mol. The molecule has 0 aliphatic heterocycles. The van der Waals surface area contributed by atoms with Crippen LogP contribution in [-0.4, -0.2) is 30.0 Å². The molecule has 72 valence electrons. The van der Waals surface area contributed by atoms with Gasteiger partial charge < -0.3 is 4.90 Å². The van der Waals surface area contributed by atoms with E-state index < -0.39 is 0 Å². The van der Waals surface area contributed by atoms with Gasteiger partial charge in [0.25, 0.3) is 0 Å². The molecule has 1 nitrogen and oxygen atoms in total. The van der Waals surface area contributed by atoms with Crippen molar-refractivity contribution in [3.63, 3.8) is 0 Å². The first-order valence-electron chi connectivity index (χ1n) is 4.93. The maximum absolute atomic E-state index is 2.53. The summed E-state index contributed by atoms with van der Waals surface area (Å²) in [6.45, 7) is 1.30. The third-order valence-corrected chi connectivity index (χ3v) is 4.05. The molecule has 0 unspecified atom stereocenters. The van der Waals surface area contributed by atoms with Crippen LogP contribution in [0.3, 0.4) is 0 Å². The van der Waals surface area contributed by atoms with Crippen LogP contribution in [0.1, 0.15) is 25.7 Å². The van der Waals surface area contributed by atoms with E-state index in [1.54, 1.807) is 0 Å². The molecule has 1 saturated carbocycles. The normalized spacial score (nSPS) is 31.0. The maximum atomic E-state index is 2.53. The number of hydrogen-bond acceptors (Lipinski definition) is 1. The molecule has 1 rings (SSSR count). The minimum absolute atomic E-state index is 0.985. The van der Waals surface area contributed by atoms with Crippen molar-refractivity contribution in [1.82, 2.24) is 4.90 Å². The Hall–Kier alpha value is 0.690. The summed E-state index contributed by atoms with van der Waals surface area (Å²) in [5, 5.41) is 0. The monoisotopic (exact) mass is 281 g/mol. The van der Waals surface area contributed by atoms with E-state index in [1.807, 2.05) is 0 Å². The highest BCUT2D eigenvalue weighted by Gasteiger charge is 2.20. The van der Waals surface area contributed by atoms with E-state index in [2.05, 4.69) is 41.6 Å². The topological polar surface area (TPSA) is 3.24 Å². The second kappa shape index (κ2) is 5.43. The van der Waals surface area contributed by atoms with Gasteiger partial charge in [-0.25, -0.2) is 0 Å². The third kappa shape index (κ3) is 3.60. The van der Waals surface area contributed by atoms with Crippen molar-refractivity contribution in [2.24, 2.45) is 11.8 Å². The molecule has 0 aromatic rings. The molecule has 2 heteroatoms. The van der Waals surface area contributed by atoms with Crippen LogP contribution in [0, 0.1) is 11.8 Å². The molecule has 0 heterocycles. The average Bonchev–Trinajstić information content (AvgIpc) is 2.05. The van der Waals surface area contributed by atoms with Crippen LogP contribution in [0.5, 0.6) is 0 Å². The third-order valence-electron chi connectivity index (χ3n) is 2.81. The summed E-state index contributed by atoms with van der Waals surface area (Å²) in [5.74, 6) is 2.02. The lowest BCUT2D eigenvalue weighted by Gasteiger charge is -2.29.